The lowest BCUT2D eigenvalue weighted by Crippen LogP contribution is -2.35. The largest absolute Gasteiger partial charge is 0.504 e. The number of aliphatic imine (C=N–C) groups is 1. The van der Waals surface area contributed by atoms with Gasteiger partial charge in [0.15, 0.2) is 11.4 Å². The minimum Gasteiger partial charge on any atom is -0.504 e. The number of hydrogen-bond donors (Lipinski definition) is 2. The molecule has 0 unspecified atom stereocenters. The first kappa shape index (κ1) is 15.1. The number of nitrogens with zero attached hydrogens (tertiary/aromatic N) is 3. The first-order chi connectivity index (χ1) is 12.0. The molecule has 3 heterocycles. The molecule has 124 valence electrons. The lowest BCUT2D eigenvalue weighted by molar-refractivity contribution is 0.0974. The molecule has 4 rings (SSSR count). The molecular weight excluding hydrogens is 320 g/mol. The van der Waals surface area contributed by atoms with E-state index in [-0.39, 0.29) is 17.0 Å². The summed E-state index contributed by atoms with van der Waals surface area (Å²) in [7, 11) is 0. The Bertz CT molecular complexity index is 1110. The highest BCUT2D eigenvalue weighted by molar-refractivity contribution is 6.08. The van der Waals surface area contributed by atoms with Gasteiger partial charge in [0.1, 0.15) is 11.4 Å². The Morgan fingerprint density at radius 3 is 3.00 bits per heavy atom. The maximum absolute atomic E-state index is 12.5. The van der Waals surface area contributed by atoms with E-state index in [0.717, 1.165) is 21.2 Å². The average molecular weight is 334 g/mol. The number of aromatic nitrogens is 2. The van der Waals surface area contributed by atoms with Crippen LogP contribution in [-0.2, 0) is 6.42 Å². The lowest BCUT2D eigenvalue weighted by Gasteiger charge is -2.06. The van der Waals surface area contributed by atoms with Gasteiger partial charge in [-0.3, -0.25) is 14.0 Å². The molecule has 0 saturated heterocycles. The molecule has 7 heteroatoms. The number of benzene rings is 1. The van der Waals surface area contributed by atoms with E-state index in [1.807, 2.05) is 25.1 Å². The predicted octanol–water partition coefficient (Wildman–Crippen LogP) is 1.72. The van der Waals surface area contributed by atoms with E-state index >= 15 is 0 Å². The van der Waals surface area contributed by atoms with Crippen LogP contribution >= 0.6 is 0 Å². The summed E-state index contributed by atoms with van der Waals surface area (Å²) in [5.74, 6) is -0.206. The van der Waals surface area contributed by atoms with E-state index in [2.05, 4.69) is 15.3 Å². The molecule has 7 nitrogen and oxygen atoms in total. The number of amidine groups is 1. The van der Waals surface area contributed by atoms with Crippen molar-refractivity contribution in [3.63, 3.8) is 0 Å². The van der Waals surface area contributed by atoms with Gasteiger partial charge in [-0.1, -0.05) is 17.7 Å². The van der Waals surface area contributed by atoms with E-state index in [4.69, 9.17) is 0 Å². The van der Waals surface area contributed by atoms with Crippen LogP contribution in [0.4, 0.5) is 5.69 Å². The van der Waals surface area contributed by atoms with E-state index in [0.29, 0.717) is 12.3 Å². The summed E-state index contributed by atoms with van der Waals surface area (Å²) in [5.41, 5.74) is 2.42. The van der Waals surface area contributed by atoms with Crippen molar-refractivity contribution < 1.29 is 9.90 Å². The number of carbonyl (C=O) groups is 1. The van der Waals surface area contributed by atoms with Gasteiger partial charge in [-0.15, -0.1) is 0 Å². The summed E-state index contributed by atoms with van der Waals surface area (Å²) >= 11 is 0. The van der Waals surface area contributed by atoms with Crippen molar-refractivity contribution in [2.75, 3.05) is 0 Å². The molecule has 1 aliphatic heterocycles. The lowest BCUT2D eigenvalue weighted by atomic mass is 10.1. The van der Waals surface area contributed by atoms with Crippen LogP contribution in [0.1, 0.15) is 21.5 Å². The normalized spacial score (nSPS) is 12.8. The van der Waals surface area contributed by atoms with Gasteiger partial charge in [-0.2, -0.15) is 0 Å². The number of rotatable bonds is 1. The molecule has 0 saturated carbocycles. The highest BCUT2D eigenvalue weighted by Crippen LogP contribution is 2.26. The second-order valence-corrected chi connectivity index (χ2v) is 5.89. The number of amides is 1. The molecule has 1 aromatic carbocycles. The zero-order valence-electron chi connectivity index (χ0n) is 13.4. The van der Waals surface area contributed by atoms with Crippen LogP contribution in [0.3, 0.4) is 0 Å². The fraction of sp³-hybridized carbons (Fsp3) is 0.111. The Kier molecular flexibility index (Phi) is 3.35. The Labute approximate surface area is 142 Å². The number of aromatic hydroxyl groups is 1. The van der Waals surface area contributed by atoms with Crippen LogP contribution in [0, 0.1) is 6.92 Å². The first-order valence-corrected chi connectivity index (χ1v) is 7.71. The van der Waals surface area contributed by atoms with E-state index in [1.165, 1.54) is 24.5 Å². The van der Waals surface area contributed by atoms with Crippen molar-refractivity contribution in [1.29, 1.82) is 0 Å². The fourth-order valence-electron chi connectivity index (χ4n) is 2.85. The van der Waals surface area contributed by atoms with Gasteiger partial charge in [0.2, 0.25) is 0 Å². The number of hydrogen-bond acceptors (Lipinski definition) is 5. The highest BCUT2D eigenvalue weighted by atomic mass is 16.3. The van der Waals surface area contributed by atoms with Crippen molar-refractivity contribution in [3.05, 3.63) is 69.8 Å². The maximum Gasteiger partial charge on any atom is 0.270 e. The molecule has 0 bridgehead atoms. The van der Waals surface area contributed by atoms with Crippen LogP contribution in [-0.4, -0.2) is 26.2 Å². The fourth-order valence-corrected chi connectivity index (χ4v) is 2.85. The molecule has 1 aliphatic rings. The SMILES string of the molecule is Cc1ccc2c(c1)CC(NC(=O)c1cnc3c(O)cccn3c1=O)=N2. The molecule has 2 aromatic heterocycles. The zero-order valence-corrected chi connectivity index (χ0v) is 13.4. The number of aryl methyl sites for hydroxylation is 1. The van der Waals surface area contributed by atoms with Crippen molar-refractivity contribution in [3.8, 4) is 5.75 Å². The molecule has 2 N–H and O–H groups in total. The summed E-state index contributed by atoms with van der Waals surface area (Å²) in [5, 5.41) is 12.4. The second-order valence-electron chi connectivity index (χ2n) is 5.89. The number of carbonyl (C=O) groups excluding carboxylic acids is 1. The topological polar surface area (TPSA) is 96.1 Å². The van der Waals surface area contributed by atoms with Crippen LogP contribution in [0.15, 0.2) is 52.5 Å². The number of fused-ring (bicyclic) bond motifs is 2. The zero-order chi connectivity index (χ0) is 17.6. The summed E-state index contributed by atoms with van der Waals surface area (Å²) in [6.45, 7) is 1.99. The third-order valence-corrected chi connectivity index (χ3v) is 4.06. The molecule has 0 radical (unpaired) electrons. The Morgan fingerprint density at radius 1 is 1.32 bits per heavy atom. The third kappa shape index (κ3) is 2.55. The van der Waals surface area contributed by atoms with E-state index < -0.39 is 11.5 Å². The molecular formula is C18H14N4O3. The predicted molar refractivity (Wildman–Crippen MR) is 92.6 cm³/mol. The van der Waals surface area contributed by atoms with E-state index in [9.17, 15) is 14.7 Å². The van der Waals surface area contributed by atoms with Crippen LogP contribution in [0.25, 0.3) is 5.65 Å². The summed E-state index contributed by atoms with van der Waals surface area (Å²) in [6.07, 6.45) is 3.12. The summed E-state index contributed by atoms with van der Waals surface area (Å²) in [6, 6.07) is 8.81. The molecule has 1 amide bonds. The minimum absolute atomic E-state index is 0.102. The number of nitrogens with one attached hydrogen (secondary N) is 1. The van der Waals surface area contributed by atoms with Crippen LogP contribution < -0.4 is 10.9 Å². The average Bonchev–Trinajstić information content (AvgIpc) is 2.97. The smallest absolute Gasteiger partial charge is 0.270 e. The van der Waals surface area contributed by atoms with Crippen LogP contribution in [0.2, 0.25) is 0 Å². The minimum atomic E-state index is -0.571. The quantitative estimate of drug-likeness (QED) is 0.708. The van der Waals surface area contributed by atoms with Gasteiger partial charge >= 0.3 is 0 Å². The van der Waals surface area contributed by atoms with Gasteiger partial charge < -0.3 is 10.4 Å². The summed E-state index contributed by atoms with van der Waals surface area (Å²) in [4.78, 5) is 33.3. The third-order valence-electron chi connectivity index (χ3n) is 4.06. The molecule has 0 spiro atoms. The Balaban J connectivity index is 1.64. The van der Waals surface area contributed by atoms with Crippen molar-refractivity contribution >= 4 is 23.1 Å². The summed E-state index contributed by atoms with van der Waals surface area (Å²) < 4.78 is 1.14. The standard InChI is InChI=1S/C18H14N4O3/c1-10-4-5-13-11(7-10)8-15(20-13)21-17(24)12-9-19-16-14(23)3-2-6-22(16)18(12)25/h2-7,9,23H,8H2,1H3,(H,20,21,24). The van der Waals surface area contributed by atoms with Crippen LogP contribution in [0.5, 0.6) is 5.75 Å². The Hall–Kier alpha value is -3.48. The second kappa shape index (κ2) is 5.55. The highest BCUT2D eigenvalue weighted by Gasteiger charge is 2.20. The maximum atomic E-state index is 12.5. The van der Waals surface area contributed by atoms with Gasteiger partial charge in [0.05, 0.1) is 5.69 Å². The molecule has 0 aliphatic carbocycles. The van der Waals surface area contributed by atoms with Gasteiger partial charge in [-0.05, 0) is 30.7 Å². The van der Waals surface area contributed by atoms with E-state index in [1.54, 1.807) is 0 Å². The molecule has 3 aromatic rings. The monoisotopic (exact) mass is 334 g/mol. The van der Waals surface area contributed by atoms with Gasteiger partial charge in [0.25, 0.3) is 11.5 Å². The molecule has 0 fully saturated rings. The van der Waals surface area contributed by atoms with Crippen molar-refractivity contribution in [1.82, 2.24) is 14.7 Å². The molecule has 0 atom stereocenters. The van der Waals surface area contributed by atoms with Crippen molar-refractivity contribution in [2.24, 2.45) is 4.99 Å². The first-order valence-electron chi connectivity index (χ1n) is 7.71. The molecule has 25 heavy (non-hydrogen) atoms. The number of pyridine rings is 1. The van der Waals surface area contributed by atoms with Gasteiger partial charge in [0, 0.05) is 18.8 Å². The Morgan fingerprint density at radius 2 is 2.16 bits per heavy atom. The van der Waals surface area contributed by atoms with Crippen molar-refractivity contribution in [2.45, 2.75) is 13.3 Å². The van der Waals surface area contributed by atoms with Gasteiger partial charge in [-0.25, -0.2) is 9.98 Å².